The van der Waals surface area contributed by atoms with Gasteiger partial charge in [-0.1, -0.05) is 12.1 Å². The number of para-hydroxylation sites is 1. The van der Waals surface area contributed by atoms with E-state index in [1.54, 1.807) is 19.2 Å². The summed E-state index contributed by atoms with van der Waals surface area (Å²) in [5.41, 5.74) is 0.406. The van der Waals surface area contributed by atoms with Gasteiger partial charge in [-0.25, -0.2) is 0 Å². The van der Waals surface area contributed by atoms with E-state index in [9.17, 15) is 9.90 Å². The number of anilines is 1. The Labute approximate surface area is 103 Å². The Morgan fingerprint density at radius 2 is 2.22 bits per heavy atom. The Morgan fingerprint density at radius 1 is 1.50 bits per heavy atom. The number of aryl methyl sites for hydroxylation is 1. The van der Waals surface area contributed by atoms with E-state index >= 15 is 0 Å². The molecule has 0 saturated carbocycles. The summed E-state index contributed by atoms with van der Waals surface area (Å²) < 4.78 is 1.39. The van der Waals surface area contributed by atoms with E-state index in [2.05, 4.69) is 10.4 Å². The van der Waals surface area contributed by atoms with Gasteiger partial charge in [-0.3, -0.25) is 9.48 Å². The number of aromatic nitrogens is 2. The number of nitrogens with one attached hydrogen (secondary N) is 1. The van der Waals surface area contributed by atoms with Gasteiger partial charge >= 0.3 is 0 Å². The summed E-state index contributed by atoms with van der Waals surface area (Å²) in [5.74, 6) is -0.311. The lowest BCUT2D eigenvalue weighted by Gasteiger charge is -2.07. The number of phenolic OH excluding ortho intramolecular Hbond substituents is 1. The molecule has 1 aromatic heterocycles. The molecule has 1 amide bonds. The fourth-order valence-electron chi connectivity index (χ4n) is 1.51. The maximum Gasteiger partial charge on any atom is 0.260 e. The van der Waals surface area contributed by atoms with Gasteiger partial charge in [-0.05, 0) is 12.1 Å². The van der Waals surface area contributed by atoms with Gasteiger partial charge in [0.05, 0.1) is 11.8 Å². The summed E-state index contributed by atoms with van der Waals surface area (Å²) in [5, 5.41) is 24.8. The molecular formula is C12H10N4O2. The van der Waals surface area contributed by atoms with Crippen LogP contribution in [0.1, 0.15) is 15.9 Å². The van der Waals surface area contributed by atoms with E-state index in [0.29, 0.717) is 5.82 Å². The van der Waals surface area contributed by atoms with E-state index in [1.807, 2.05) is 6.07 Å². The lowest BCUT2D eigenvalue weighted by atomic mass is 10.2. The first-order valence-corrected chi connectivity index (χ1v) is 5.15. The molecule has 2 rings (SSSR count). The summed E-state index contributed by atoms with van der Waals surface area (Å²) in [4.78, 5) is 11.9. The number of nitriles is 1. The first-order valence-electron chi connectivity index (χ1n) is 5.15. The average molecular weight is 242 g/mol. The van der Waals surface area contributed by atoms with Crippen molar-refractivity contribution in [2.24, 2.45) is 7.05 Å². The van der Waals surface area contributed by atoms with Crippen LogP contribution in [-0.4, -0.2) is 20.8 Å². The molecule has 6 nitrogen and oxygen atoms in total. The molecule has 0 unspecified atom stereocenters. The molecule has 0 spiro atoms. The number of aromatic hydroxyl groups is 1. The molecule has 1 heterocycles. The first-order chi connectivity index (χ1) is 8.63. The normalized spacial score (nSPS) is 9.78. The Balaban J connectivity index is 2.31. The number of phenols is 1. The summed E-state index contributed by atoms with van der Waals surface area (Å²) >= 11 is 0. The van der Waals surface area contributed by atoms with Crippen molar-refractivity contribution in [2.45, 2.75) is 0 Å². The highest BCUT2D eigenvalue weighted by molar-refractivity contribution is 6.06. The number of nitrogens with zero attached hydrogens (tertiary/aromatic N) is 3. The third kappa shape index (κ3) is 2.01. The van der Waals surface area contributed by atoms with Crippen molar-refractivity contribution in [3.05, 3.63) is 41.6 Å². The maximum absolute atomic E-state index is 11.9. The molecule has 0 fully saturated rings. The van der Waals surface area contributed by atoms with Crippen molar-refractivity contribution >= 4 is 11.7 Å². The number of carbonyl (C=O) groups excluding carboxylic acids is 1. The molecule has 18 heavy (non-hydrogen) atoms. The van der Waals surface area contributed by atoms with Crippen molar-refractivity contribution in [1.82, 2.24) is 9.78 Å². The Morgan fingerprint density at radius 3 is 2.89 bits per heavy atom. The number of hydrogen-bond donors (Lipinski definition) is 2. The quantitative estimate of drug-likeness (QED) is 0.829. The van der Waals surface area contributed by atoms with E-state index in [1.165, 1.54) is 23.0 Å². The molecule has 2 aromatic rings. The third-order valence-electron chi connectivity index (χ3n) is 2.44. The number of amides is 1. The smallest absolute Gasteiger partial charge is 0.260 e. The van der Waals surface area contributed by atoms with E-state index < -0.39 is 5.91 Å². The highest BCUT2D eigenvalue weighted by Gasteiger charge is 2.15. The van der Waals surface area contributed by atoms with Crippen LogP contribution in [-0.2, 0) is 7.05 Å². The molecule has 0 aliphatic heterocycles. The van der Waals surface area contributed by atoms with Crippen LogP contribution in [0, 0.1) is 11.3 Å². The zero-order valence-electron chi connectivity index (χ0n) is 9.58. The lowest BCUT2D eigenvalue weighted by molar-refractivity contribution is 0.102. The summed E-state index contributed by atoms with van der Waals surface area (Å²) in [6.07, 6.45) is 1.36. The molecule has 0 radical (unpaired) electrons. The standard InChI is InChI=1S/C12H10N4O2/c1-16-11(8(6-13)7-14-16)15-12(18)9-4-2-3-5-10(9)17/h2-5,7,17H,1H3,(H,15,18). The molecule has 0 atom stereocenters. The van der Waals surface area contributed by atoms with Gasteiger partial charge in [0.2, 0.25) is 0 Å². The van der Waals surface area contributed by atoms with Gasteiger partial charge in [-0.15, -0.1) is 0 Å². The second kappa shape index (κ2) is 4.59. The highest BCUT2D eigenvalue weighted by atomic mass is 16.3. The van der Waals surface area contributed by atoms with E-state index in [-0.39, 0.29) is 16.9 Å². The molecule has 0 aliphatic carbocycles. The van der Waals surface area contributed by atoms with E-state index in [4.69, 9.17) is 5.26 Å². The number of benzene rings is 1. The molecule has 0 saturated heterocycles. The second-order valence-corrected chi connectivity index (χ2v) is 3.61. The fourth-order valence-corrected chi connectivity index (χ4v) is 1.51. The van der Waals surface area contributed by atoms with Gasteiger partial charge in [0.25, 0.3) is 5.91 Å². The van der Waals surface area contributed by atoms with Crippen molar-refractivity contribution in [2.75, 3.05) is 5.32 Å². The average Bonchev–Trinajstić information content (AvgIpc) is 2.71. The van der Waals surface area contributed by atoms with Crippen molar-refractivity contribution < 1.29 is 9.90 Å². The van der Waals surface area contributed by atoms with Crippen molar-refractivity contribution in [3.63, 3.8) is 0 Å². The zero-order valence-corrected chi connectivity index (χ0v) is 9.58. The van der Waals surface area contributed by atoms with Gasteiger partial charge < -0.3 is 10.4 Å². The molecule has 2 N–H and O–H groups in total. The Kier molecular flexibility index (Phi) is 2.98. The predicted octanol–water partition coefficient (Wildman–Crippen LogP) is 1.25. The number of rotatable bonds is 2. The van der Waals surface area contributed by atoms with Crippen LogP contribution in [0.4, 0.5) is 5.82 Å². The van der Waals surface area contributed by atoms with Crippen molar-refractivity contribution in [1.29, 1.82) is 5.26 Å². The zero-order chi connectivity index (χ0) is 13.1. The first kappa shape index (κ1) is 11.7. The van der Waals surface area contributed by atoms with Crippen LogP contribution in [0.25, 0.3) is 0 Å². The molecule has 90 valence electrons. The summed E-state index contributed by atoms with van der Waals surface area (Å²) in [6.45, 7) is 0. The molecule has 0 aliphatic rings. The Bertz CT molecular complexity index is 640. The molecule has 0 bridgehead atoms. The van der Waals surface area contributed by atoms with Crippen LogP contribution >= 0.6 is 0 Å². The van der Waals surface area contributed by atoms with Crippen LogP contribution in [0.3, 0.4) is 0 Å². The molecule has 6 heteroatoms. The minimum Gasteiger partial charge on any atom is -0.507 e. The van der Waals surface area contributed by atoms with Crippen LogP contribution in [0.2, 0.25) is 0 Å². The molecule has 1 aromatic carbocycles. The predicted molar refractivity (Wildman–Crippen MR) is 64.0 cm³/mol. The van der Waals surface area contributed by atoms with Crippen LogP contribution in [0.15, 0.2) is 30.5 Å². The third-order valence-corrected chi connectivity index (χ3v) is 2.44. The minimum absolute atomic E-state index is 0.115. The Hall–Kier alpha value is -2.81. The monoisotopic (exact) mass is 242 g/mol. The maximum atomic E-state index is 11.9. The SMILES string of the molecule is Cn1ncc(C#N)c1NC(=O)c1ccccc1O. The largest absolute Gasteiger partial charge is 0.507 e. The molecular weight excluding hydrogens is 232 g/mol. The van der Waals surface area contributed by atoms with Crippen LogP contribution < -0.4 is 5.32 Å². The van der Waals surface area contributed by atoms with Gasteiger partial charge in [-0.2, -0.15) is 10.4 Å². The topological polar surface area (TPSA) is 90.9 Å². The second-order valence-electron chi connectivity index (χ2n) is 3.61. The fraction of sp³-hybridized carbons (Fsp3) is 0.0833. The number of hydrogen-bond acceptors (Lipinski definition) is 4. The lowest BCUT2D eigenvalue weighted by Crippen LogP contribution is -2.15. The van der Waals surface area contributed by atoms with Gasteiger partial charge in [0.15, 0.2) is 0 Å². The van der Waals surface area contributed by atoms with Gasteiger partial charge in [0.1, 0.15) is 23.2 Å². The van der Waals surface area contributed by atoms with E-state index in [0.717, 1.165) is 0 Å². The van der Waals surface area contributed by atoms with Crippen molar-refractivity contribution in [3.8, 4) is 11.8 Å². The summed E-state index contributed by atoms with van der Waals surface area (Å²) in [7, 11) is 1.61. The highest BCUT2D eigenvalue weighted by Crippen LogP contribution is 2.19. The van der Waals surface area contributed by atoms with Gasteiger partial charge in [0, 0.05) is 7.05 Å². The summed E-state index contributed by atoms with van der Waals surface area (Å²) in [6, 6.07) is 8.10. The number of carbonyl (C=O) groups is 1. The minimum atomic E-state index is -0.492. The van der Waals surface area contributed by atoms with Crippen LogP contribution in [0.5, 0.6) is 5.75 Å².